The van der Waals surface area contributed by atoms with E-state index in [-0.39, 0.29) is 11.9 Å². The van der Waals surface area contributed by atoms with E-state index in [0.29, 0.717) is 6.61 Å². The van der Waals surface area contributed by atoms with Gasteiger partial charge in [-0.15, -0.1) is 0 Å². The van der Waals surface area contributed by atoms with Crippen LogP contribution in [0.5, 0.6) is 5.75 Å². The first kappa shape index (κ1) is 13.6. The molecule has 2 nitrogen and oxygen atoms in total. The van der Waals surface area contributed by atoms with Crippen molar-refractivity contribution in [2.75, 3.05) is 0 Å². The van der Waals surface area contributed by atoms with E-state index in [2.05, 4.69) is 0 Å². The van der Waals surface area contributed by atoms with Gasteiger partial charge in [-0.05, 0) is 30.2 Å². The maximum Gasteiger partial charge on any atom is 0.124 e. The molecule has 0 unspecified atom stereocenters. The number of rotatable bonds is 5. The third-order valence-electron chi connectivity index (χ3n) is 3.04. The quantitative estimate of drug-likeness (QED) is 0.886. The molecule has 19 heavy (non-hydrogen) atoms. The zero-order valence-electron chi connectivity index (χ0n) is 11.0. The summed E-state index contributed by atoms with van der Waals surface area (Å²) in [7, 11) is 0. The minimum absolute atomic E-state index is 0.0382. The van der Waals surface area contributed by atoms with Crippen LogP contribution >= 0.6 is 0 Å². The summed E-state index contributed by atoms with van der Waals surface area (Å²) in [6.07, 6.45) is 0.848. The fourth-order valence-electron chi connectivity index (χ4n) is 1.93. The van der Waals surface area contributed by atoms with Crippen molar-refractivity contribution in [1.82, 2.24) is 0 Å². The molecule has 2 aromatic carbocycles. The number of hydrogen-bond donors (Lipinski definition) is 1. The third-order valence-corrected chi connectivity index (χ3v) is 3.04. The number of para-hydroxylation sites is 1. The topological polar surface area (TPSA) is 35.2 Å². The number of halogens is 1. The van der Waals surface area contributed by atoms with Gasteiger partial charge in [-0.3, -0.25) is 0 Å². The maximum absolute atomic E-state index is 13.1. The van der Waals surface area contributed by atoms with Crippen LogP contribution in [0.2, 0.25) is 0 Å². The van der Waals surface area contributed by atoms with Gasteiger partial charge >= 0.3 is 0 Å². The van der Waals surface area contributed by atoms with Crippen LogP contribution in [0, 0.1) is 5.82 Å². The van der Waals surface area contributed by atoms with Crippen molar-refractivity contribution in [3.8, 4) is 5.75 Å². The van der Waals surface area contributed by atoms with Crippen LogP contribution < -0.4 is 10.5 Å². The second kappa shape index (κ2) is 6.34. The minimum atomic E-state index is -0.250. The highest BCUT2D eigenvalue weighted by Crippen LogP contribution is 2.26. The predicted octanol–water partition coefficient (Wildman–Crippen LogP) is 3.81. The van der Waals surface area contributed by atoms with Gasteiger partial charge in [0.05, 0.1) is 0 Å². The molecule has 0 saturated heterocycles. The van der Waals surface area contributed by atoms with E-state index in [1.165, 1.54) is 12.1 Å². The number of ether oxygens (including phenoxy) is 1. The van der Waals surface area contributed by atoms with Crippen molar-refractivity contribution in [3.05, 3.63) is 65.5 Å². The van der Waals surface area contributed by atoms with Gasteiger partial charge in [0.1, 0.15) is 18.2 Å². The van der Waals surface area contributed by atoms with Crippen LogP contribution in [0.15, 0.2) is 48.5 Å². The van der Waals surface area contributed by atoms with Gasteiger partial charge in [0.25, 0.3) is 0 Å². The Morgan fingerprint density at radius 1 is 1.16 bits per heavy atom. The molecule has 0 fully saturated rings. The van der Waals surface area contributed by atoms with E-state index in [9.17, 15) is 4.39 Å². The lowest BCUT2D eigenvalue weighted by Crippen LogP contribution is -2.10. The Balaban J connectivity index is 2.11. The van der Waals surface area contributed by atoms with Gasteiger partial charge in [0.15, 0.2) is 0 Å². The third kappa shape index (κ3) is 3.55. The van der Waals surface area contributed by atoms with Gasteiger partial charge < -0.3 is 10.5 Å². The van der Waals surface area contributed by atoms with E-state index < -0.39 is 0 Å². The molecule has 0 saturated carbocycles. The normalized spacial score (nSPS) is 12.2. The summed E-state index contributed by atoms with van der Waals surface area (Å²) < 4.78 is 18.8. The van der Waals surface area contributed by atoms with Crippen molar-refractivity contribution in [1.29, 1.82) is 0 Å². The Labute approximate surface area is 113 Å². The summed E-state index contributed by atoms with van der Waals surface area (Å²) in [6.45, 7) is 2.37. The Kier molecular flexibility index (Phi) is 4.53. The van der Waals surface area contributed by atoms with Crippen molar-refractivity contribution >= 4 is 0 Å². The summed E-state index contributed by atoms with van der Waals surface area (Å²) >= 11 is 0. The summed E-state index contributed by atoms with van der Waals surface area (Å²) in [6, 6.07) is 14.1. The largest absolute Gasteiger partial charge is 0.489 e. The van der Waals surface area contributed by atoms with Gasteiger partial charge in [-0.25, -0.2) is 4.39 Å². The van der Waals surface area contributed by atoms with E-state index in [4.69, 9.17) is 10.5 Å². The smallest absolute Gasteiger partial charge is 0.124 e. The van der Waals surface area contributed by atoms with Crippen LogP contribution in [-0.4, -0.2) is 0 Å². The molecule has 0 aliphatic rings. The molecule has 0 aromatic heterocycles. The Morgan fingerprint density at radius 3 is 2.68 bits per heavy atom. The van der Waals surface area contributed by atoms with Crippen molar-refractivity contribution in [3.63, 3.8) is 0 Å². The first-order valence-corrected chi connectivity index (χ1v) is 6.42. The SMILES string of the molecule is CC[C@@H](N)c1ccccc1OCc1cccc(F)c1. The van der Waals surface area contributed by atoms with Crippen molar-refractivity contribution < 1.29 is 9.13 Å². The average molecular weight is 259 g/mol. The Hall–Kier alpha value is -1.87. The molecule has 2 rings (SSSR count). The maximum atomic E-state index is 13.1. The molecule has 0 amide bonds. The average Bonchev–Trinajstić information content (AvgIpc) is 2.45. The lowest BCUT2D eigenvalue weighted by Gasteiger charge is -2.15. The van der Waals surface area contributed by atoms with Crippen LogP contribution in [0.25, 0.3) is 0 Å². The van der Waals surface area contributed by atoms with E-state index in [0.717, 1.165) is 23.3 Å². The Morgan fingerprint density at radius 2 is 1.95 bits per heavy atom. The highest BCUT2D eigenvalue weighted by Gasteiger charge is 2.09. The molecule has 3 heteroatoms. The van der Waals surface area contributed by atoms with E-state index in [1.807, 2.05) is 37.3 Å². The Bertz CT molecular complexity index is 542. The highest BCUT2D eigenvalue weighted by molar-refractivity contribution is 5.36. The van der Waals surface area contributed by atoms with Crippen LogP contribution in [-0.2, 0) is 6.61 Å². The first-order chi connectivity index (χ1) is 9.20. The van der Waals surface area contributed by atoms with E-state index >= 15 is 0 Å². The molecule has 0 radical (unpaired) electrons. The van der Waals surface area contributed by atoms with Crippen molar-refractivity contribution in [2.24, 2.45) is 5.73 Å². The minimum Gasteiger partial charge on any atom is -0.489 e. The fraction of sp³-hybridized carbons (Fsp3) is 0.250. The molecule has 0 heterocycles. The molecule has 0 spiro atoms. The summed E-state index contributed by atoms with van der Waals surface area (Å²) in [5, 5.41) is 0. The van der Waals surface area contributed by atoms with Crippen molar-refractivity contribution in [2.45, 2.75) is 26.0 Å². The van der Waals surface area contributed by atoms with Gasteiger partial charge in [0.2, 0.25) is 0 Å². The van der Waals surface area contributed by atoms with Gasteiger partial charge in [-0.2, -0.15) is 0 Å². The predicted molar refractivity (Wildman–Crippen MR) is 74.4 cm³/mol. The number of hydrogen-bond acceptors (Lipinski definition) is 2. The molecular formula is C16H18FNO. The summed E-state index contributed by atoms with van der Waals surface area (Å²) in [4.78, 5) is 0. The number of benzene rings is 2. The molecule has 0 aliphatic heterocycles. The van der Waals surface area contributed by atoms with Crippen LogP contribution in [0.1, 0.15) is 30.5 Å². The van der Waals surface area contributed by atoms with Crippen LogP contribution in [0.3, 0.4) is 0 Å². The van der Waals surface area contributed by atoms with Gasteiger partial charge in [-0.1, -0.05) is 37.3 Å². The summed E-state index contributed by atoms with van der Waals surface area (Å²) in [5.74, 6) is 0.515. The molecular weight excluding hydrogens is 241 g/mol. The zero-order valence-corrected chi connectivity index (χ0v) is 11.0. The summed E-state index contributed by atoms with van der Waals surface area (Å²) in [5.41, 5.74) is 7.84. The lowest BCUT2D eigenvalue weighted by molar-refractivity contribution is 0.300. The fourth-order valence-corrected chi connectivity index (χ4v) is 1.93. The van der Waals surface area contributed by atoms with E-state index in [1.54, 1.807) is 6.07 Å². The second-order valence-corrected chi connectivity index (χ2v) is 4.47. The standard InChI is InChI=1S/C16H18FNO/c1-2-15(18)14-8-3-4-9-16(14)19-11-12-6-5-7-13(17)10-12/h3-10,15H,2,11,18H2,1H3/t15-/m1/s1. The molecule has 100 valence electrons. The monoisotopic (exact) mass is 259 g/mol. The molecule has 0 bridgehead atoms. The highest BCUT2D eigenvalue weighted by atomic mass is 19.1. The lowest BCUT2D eigenvalue weighted by atomic mass is 10.0. The van der Waals surface area contributed by atoms with Crippen LogP contribution in [0.4, 0.5) is 4.39 Å². The molecule has 1 atom stereocenters. The molecule has 2 N–H and O–H groups in total. The van der Waals surface area contributed by atoms with Gasteiger partial charge in [0, 0.05) is 11.6 Å². The first-order valence-electron chi connectivity index (χ1n) is 6.42. The second-order valence-electron chi connectivity index (χ2n) is 4.47. The molecule has 2 aromatic rings. The zero-order chi connectivity index (χ0) is 13.7. The number of nitrogens with two attached hydrogens (primary N) is 1. The molecule has 0 aliphatic carbocycles.